The van der Waals surface area contributed by atoms with Crippen LogP contribution < -0.4 is 4.09 Å². The van der Waals surface area contributed by atoms with Gasteiger partial charge >= 0.3 is 5.97 Å². The van der Waals surface area contributed by atoms with Gasteiger partial charge in [0.15, 0.2) is 5.69 Å². The Morgan fingerprint density at radius 3 is 2.44 bits per heavy atom. The highest BCUT2D eigenvalue weighted by molar-refractivity contribution is 9.10. The van der Waals surface area contributed by atoms with Crippen LogP contribution in [0.4, 0.5) is 11.4 Å². The summed E-state index contributed by atoms with van der Waals surface area (Å²) in [5.41, 5.74) is -0.702. The van der Waals surface area contributed by atoms with E-state index in [4.69, 9.17) is 4.84 Å². The van der Waals surface area contributed by atoms with Crippen LogP contribution in [0.15, 0.2) is 24.3 Å². The zero-order chi connectivity index (χ0) is 13.9. The monoisotopic (exact) mass is 316 g/mol. The molecule has 1 aromatic rings. The predicted octanol–water partition coefficient (Wildman–Crippen LogP) is 3.22. The Morgan fingerprint density at radius 1 is 1.39 bits per heavy atom. The first kappa shape index (κ1) is 14.4. The number of benzene rings is 1. The molecule has 0 unspecified atom stereocenters. The third-order valence-corrected chi connectivity index (χ3v) is 2.57. The van der Waals surface area contributed by atoms with E-state index in [0.717, 1.165) is 4.09 Å². The summed E-state index contributed by atoms with van der Waals surface area (Å²) < 4.78 is 0.929. The fourth-order valence-electron chi connectivity index (χ4n) is 1.03. The van der Waals surface area contributed by atoms with Crippen LogP contribution >= 0.6 is 16.1 Å². The molecule has 0 N–H and O–H groups in total. The molecular weight excluding hydrogens is 304 g/mol. The van der Waals surface area contributed by atoms with Gasteiger partial charge in [0, 0.05) is 6.07 Å². The molecule has 98 valence electrons. The molecule has 6 nitrogen and oxygen atoms in total. The van der Waals surface area contributed by atoms with Crippen LogP contribution in [0.5, 0.6) is 0 Å². The van der Waals surface area contributed by atoms with E-state index in [0.29, 0.717) is 0 Å². The molecule has 0 aliphatic carbocycles. The standard InChI is InChI=1S/C11H13BrN2O4/c1-11(2,3)10(15)18-13(12)8-6-4-5-7-9(8)14(16)17/h4-7H,1-3H3. The predicted molar refractivity (Wildman–Crippen MR) is 70.0 cm³/mol. The van der Waals surface area contributed by atoms with E-state index in [9.17, 15) is 14.9 Å². The summed E-state index contributed by atoms with van der Waals surface area (Å²) in [7, 11) is 0. The van der Waals surface area contributed by atoms with Crippen molar-refractivity contribution in [3.63, 3.8) is 0 Å². The van der Waals surface area contributed by atoms with Crippen molar-refractivity contribution in [1.29, 1.82) is 0 Å². The molecule has 0 heterocycles. The fourth-order valence-corrected chi connectivity index (χ4v) is 1.46. The Balaban J connectivity index is 2.95. The topological polar surface area (TPSA) is 72.7 Å². The van der Waals surface area contributed by atoms with Crippen LogP contribution in [0.1, 0.15) is 20.8 Å². The second-order valence-electron chi connectivity index (χ2n) is 4.62. The molecule has 0 saturated carbocycles. The highest BCUT2D eigenvalue weighted by Gasteiger charge is 2.28. The van der Waals surface area contributed by atoms with Gasteiger partial charge < -0.3 is 4.84 Å². The lowest BCUT2D eigenvalue weighted by molar-refractivity contribution is -0.384. The SMILES string of the molecule is CC(C)(C)C(=O)ON(Br)c1ccccc1[N+](=O)[O-]. The first-order valence-corrected chi connectivity index (χ1v) is 5.86. The lowest BCUT2D eigenvalue weighted by Gasteiger charge is -2.21. The molecule has 0 amide bonds. The Hall–Kier alpha value is -1.63. The number of hydrogen-bond donors (Lipinski definition) is 0. The number of nitro benzene ring substituents is 1. The number of anilines is 1. The van der Waals surface area contributed by atoms with E-state index in [1.165, 1.54) is 18.2 Å². The average Bonchev–Trinajstić information content (AvgIpc) is 2.27. The van der Waals surface area contributed by atoms with Crippen molar-refractivity contribution in [2.45, 2.75) is 20.8 Å². The summed E-state index contributed by atoms with van der Waals surface area (Å²) in [5.74, 6) is -0.502. The normalized spacial score (nSPS) is 10.9. The van der Waals surface area contributed by atoms with Gasteiger partial charge in [-0.05, 0) is 26.8 Å². The number of para-hydroxylation sites is 2. The van der Waals surface area contributed by atoms with Gasteiger partial charge in [-0.15, -0.1) is 4.09 Å². The molecule has 0 saturated heterocycles. The summed E-state index contributed by atoms with van der Waals surface area (Å²) in [6, 6.07) is 5.95. The van der Waals surface area contributed by atoms with Crippen molar-refractivity contribution >= 4 is 33.5 Å². The molecule has 1 rings (SSSR count). The number of nitro groups is 1. The summed E-state index contributed by atoms with van der Waals surface area (Å²) in [6.07, 6.45) is 0. The largest absolute Gasteiger partial charge is 0.338 e. The molecule has 0 fully saturated rings. The zero-order valence-corrected chi connectivity index (χ0v) is 11.8. The van der Waals surface area contributed by atoms with Gasteiger partial charge in [-0.2, -0.15) is 0 Å². The quantitative estimate of drug-likeness (QED) is 0.486. The minimum atomic E-state index is -0.699. The first-order chi connectivity index (χ1) is 8.23. The van der Waals surface area contributed by atoms with Gasteiger partial charge in [-0.1, -0.05) is 12.1 Å². The van der Waals surface area contributed by atoms with Gasteiger partial charge in [0.2, 0.25) is 0 Å². The summed E-state index contributed by atoms with van der Waals surface area (Å²) in [5, 5.41) is 10.8. The number of rotatable bonds is 3. The summed E-state index contributed by atoms with van der Waals surface area (Å²) >= 11 is 2.98. The molecule has 0 aromatic heterocycles. The average molecular weight is 317 g/mol. The van der Waals surface area contributed by atoms with Crippen molar-refractivity contribution in [2.75, 3.05) is 4.09 Å². The van der Waals surface area contributed by atoms with Crippen molar-refractivity contribution in [1.82, 2.24) is 0 Å². The molecule has 1 aromatic carbocycles. The second kappa shape index (κ2) is 5.34. The van der Waals surface area contributed by atoms with Crippen LogP contribution in [0.25, 0.3) is 0 Å². The Bertz CT molecular complexity index is 470. The van der Waals surface area contributed by atoms with Gasteiger partial charge in [-0.3, -0.25) is 10.1 Å². The van der Waals surface area contributed by atoms with Crippen LogP contribution in [0.3, 0.4) is 0 Å². The van der Waals surface area contributed by atoms with Gasteiger partial charge in [0.25, 0.3) is 5.69 Å². The summed E-state index contributed by atoms with van der Waals surface area (Å²) in [6.45, 7) is 5.07. The third kappa shape index (κ3) is 3.43. The van der Waals surface area contributed by atoms with Crippen molar-refractivity contribution in [3.8, 4) is 0 Å². The Kier molecular flexibility index (Phi) is 4.28. The maximum Gasteiger partial charge on any atom is 0.338 e. The van der Waals surface area contributed by atoms with E-state index in [1.54, 1.807) is 26.8 Å². The zero-order valence-electron chi connectivity index (χ0n) is 10.2. The Labute approximate surface area is 113 Å². The molecular formula is C11H13BrN2O4. The number of nitrogens with zero attached hydrogens (tertiary/aromatic N) is 2. The van der Waals surface area contributed by atoms with E-state index < -0.39 is 16.3 Å². The number of hydrogen-bond acceptors (Lipinski definition) is 5. The van der Waals surface area contributed by atoms with Crippen molar-refractivity contribution < 1.29 is 14.6 Å². The van der Waals surface area contributed by atoms with E-state index >= 15 is 0 Å². The number of halogens is 1. The number of carbonyl (C=O) groups excluding carboxylic acids is 1. The first-order valence-electron chi connectivity index (χ1n) is 5.15. The van der Waals surface area contributed by atoms with Gasteiger partial charge in [-0.25, -0.2) is 4.79 Å². The fraction of sp³-hybridized carbons (Fsp3) is 0.364. The minimum Gasteiger partial charge on any atom is -0.329 e. The van der Waals surface area contributed by atoms with Crippen molar-refractivity contribution in [3.05, 3.63) is 34.4 Å². The van der Waals surface area contributed by atoms with E-state index in [1.807, 2.05) is 0 Å². The molecule has 0 bridgehead atoms. The van der Waals surface area contributed by atoms with Crippen molar-refractivity contribution in [2.24, 2.45) is 5.41 Å². The lowest BCUT2D eigenvalue weighted by Crippen LogP contribution is -2.28. The maximum absolute atomic E-state index is 11.7. The van der Waals surface area contributed by atoms with E-state index in [-0.39, 0.29) is 11.4 Å². The highest BCUT2D eigenvalue weighted by Crippen LogP contribution is 2.31. The smallest absolute Gasteiger partial charge is 0.329 e. The molecule has 7 heteroatoms. The van der Waals surface area contributed by atoms with Crippen LogP contribution in [0.2, 0.25) is 0 Å². The van der Waals surface area contributed by atoms with E-state index in [2.05, 4.69) is 16.1 Å². The second-order valence-corrected chi connectivity index (χ2v) is 5.26. The lowest BCUT2D eigenvalue weighted by atomic mass is 9.98. The molecule has 0 atom stereocenters. The maximum atomic E-state index is 11.7. The van der Waals surface area contributed by atoms with Gasteiger partial charge in [0.1, 0.15) is 0 Å². The number of carbonyl (C=O) groups is 1. The molecule has 0 spiro atoms. The molecule has 0 aliphatic heterocycles. The van der Waals surface area contributed by atoms with Gasteiger partial charge in [0.05, 0.1) is 26.5 Å². The van der Waals surface area contributed by atoms with Crippen LogP contribution in [0, 0.1) is 15.5 Å². The minimum absolute atomic E-state index is 0.153. The van der Waals surface area contributed by atoms with Crippen LogP contribution in [-0.2, 0) is 9.63 Å². The molecule has 0 aliphatic rings. The molecule has 0 radical (unpaired) electrons. The highest BCUT2D eigenvalue weighted by atomic mass is 79.9. The Morgan fingerprint density at radius 2 is 1.94 bits per heavy atom. The third-order valence-electron chi connectivity index (χ3n) is 2.04. The summed E-state index contributed by atoms with van der Waals surface area (Å²) in [4.78, 5) is 26.9. The molecule has 18 heavy (non-hydrogen) atoms. The van der Waals surface area contributed by atoms with Crippen LogP contribution in [-0.4, -0.2) is 10.9 Å².